The number of nitrogens with one attached hydrogen (secondary N) is 2. The van der Waals surface area contributed by atoms with E-state index >= 15 is 0 Å². The number of carbonyl (C=O) groups excluding carboxylic acids is 4. The van der Waals surface area contributed by atoms with Crippen molar-refractivity contribution in [2.24, 2.45) is 0 Å². The lowest BCUT2D eigenvalue weighted by atomic mass is 10.0. The number of aromatic nitrogens is 2. The number of likely N-dealkylation sites (tertiary alicyclic amines) is 2. The van der Waals surface area contributed by atoms with Gasteiger partial charge in [0, 0.05) is 115 Å². The number of pyridine rings is 2. The summed E-state index contributed by atoms with van der Waals surface area (Å²) in [7, 11) is 3.12. The third-order valence-corrected chi connectivity index (χ3v) is 15.7. The Morgan fingerprint density at radius 1 is 0.500 bits per heavy atom. The van der Waals surface area contributed by atoms with Crippen molar-refractivity contribution in [1.82, 2.24) is 39.4 Å². The minimum absolute atomic E-state index is 0.00889. The third-order valence-electron chi connectivity index (χ3n) is 15.7. The molecule has 4 aliphatic rings. The van der Waals surface area contributed by atoms with E-state index in [-0.39, 0.29) is 60.4 Å². The van der Waals surface area contributed by atoms with Crippen molar-refractivity contribution in [2.45, 2.75) is 117 Å². The van der Waals surface area contributed by atoms with Gasteiger partial charge in [0.25, 0.3) is 22.9 Å². The minimum atomic E-state index is -0.609. The maximum Gasteiger partial charge on any atom is 0.410 e. The Morgan fingerprint density at radius 2 is 0.875 bits per heavy atom. The summed E-state index contributed by atoms with van der Waals surface area (Å²) in [6.07, 6.45) is 2.47. The second-order valence-corrected chi connectivity index (χ2v) is 24.3. The Balaban J connectivity index is 0.000000209. The van der Waals surface area contributed by atoms with E-state index in [2.05, 4.69) is 20.4 Å². The van der Waals surface area contributed by atoms with Gasteiger partial charge in [-0.15, -0.1) is 0 Å². The SMILES string of the molecule is CNC(=O)COc1cccc2c1ccc(=O)n2CCN1CCC(N(Cc2ccc3c(c2)OCCO3)C(=O)OC(C)(C)C)CC1.CNC(=O)COc1cccc2c1ccc(=O)n2CCN1CCC(N(Cc2ccc3c(c2)OCCO3)C(=O)OC(C)(C)C)CC1. The molecule has 2 aromatic heterocycles. The molecule has 4 aromatic carbocycles. The van der Waals surface area contributed by atoms with Gasteiger partial charge in [-0.2, -0.15) is 0 Å². The van der Waals surface area contributed by atoms with Gasteiger partial charge in [-0.1, -0.05) is 24.3 Å². The van der Waals surface area contributed by atoms with Crippen LogP contribution >= 0.6 is 0 Å². The molecule has 10 rings (SSSR count). The van der Waals surface area contributed by atoms with Crippen LogP contribution in [0.2, 0.25) is 0 Å². The van der Waals surface area contributed by atoms with E-state index in [1.54, 1.807) is 47.5 Å². The Hall–Kier alpha value is -8.50. The lowest BCUT2D eigenvalue weighted by molar-refractivity contribution is -0.123. The summed E-state index contributed by atoms with van der Waals surface area (Å²) in [6, 6.07) is 29.2. The first kappa shape index (κ1) is 64.0. The van der Waals surface area contributed by atoms with Crippen LogP contribution in [0.4, 0.5) is 9.59 Å². The molecule has 2 N–H and O–H groups in total. The molecule has 22 nitrogen and oxygen atoms in total. The summed E-state index contributed by atoms with van der Waals surface area (Å²) >= 11 is 0. The topological polar surface area (TPSA) is 223 Å². The summed E-state index contributed by atoms with van der Waals surface area (Å²) in [5.74, 6) is 3.49. The van der Waals surface area contributed by atoms with Gasteiger partial charge in [-0.3, -0.25) is 19.2 Å². The number of carbonyl (C=O) groups is 4. The first-order valence-electron chi connectivity index (χ1n) is 30.4. The van der Waals surface area contributed by atoms with Crippen molar-refractivity contribution in [3.8, 4) is 34.5 Å². The third kappa shape index (κ3) is 17.0. The fraction of sp³-hybridized carbons (Fsp3) is 0.485. The van der Waals surface area contributed by atoms with E-state index in [1.807, 2.05) is 112 Å². The fourth-order valence-corrected chi connectivity index (χ4v) is 11.2. The number of hydrogen-bond donors (Lipinski definition) is 2. The first-order chi connectivity index (χ1) is 42.2. The molecule has 0 aliphatic carbocycles. The fourth-order valence-electron chi connectivity index (χ4n) is 11.2. The molecule has 22 heteroatoms. The van der Waals surface area contributed by atoms with E-state index in [0.717, 1.165) is 96.3 Å². The molecule has 0 saturated carbocycles. The molecule has 4 aliphatic heterocycles. The molecular formula is C66H84N8O14. The standard InChI is InChI=1S/2C33H42N4O7/c2*1-33(2,3)44-32(40)37(21-23-8-10-28-29(20-23)42-19-18-41-28)24-12-14-35(15-13-24)16-17-36-26-6-5-7-27(43-22-30(38)34-4)25(26)9-11-31(36)39/h2*5-11,20,24H,12-19,21-22H2,1-4H3,(H,34,38). The van der Waals surface area contributed by atoms with Crippen LogP contribution in [0.3, 0.4) is 0 Å². The van der Waals surface area contributed by atoms with Crippen molar-refractivity contribution >= 4 is 45.8 Å². The van der Waals surface area contributed by atoms with Crippen LogP contribution in [0.25, 0.3) is 21.8 Å². The Kier molecular flexibility index (Phi) is 21.1. The van der Waals surface area contributed by atoms with E-state index in [1.165, 1.54) is 12.1 Å². The number of likely N-dealkylation sites (N-methyl/N-ethyl adjacent to an activating group) is 2. The maximum atomic E-state index is 13.4. The quantitative estimate of drug-likeness (QED) is 0.0845. The molecule has 6 heterocycles. The van der Waals surface area contributed by atoms with E-state index in [4.69, 9.17) is 37.9 Å². The highest BCUT2D eigenvalue weighted by Gasteiger charge is 2.34. The van der Waals surface area contributed by atoms with Crippen LogP contribution in [0.5, 0.6) is 34.5 Å². The highest BCUT2D eigenvalue weighted by molar-refractivity contribution is 5.87. The minimum Gasteiger partial charge on any atom is -0.486 e. The van der Waals surface area contributed by atoms with Gasteiger partial charge in [-0.05, 0) is 139 Å². The number of piperidine rings is 2. The maximum absolute atomic E-state index is 13.4. The van der Waals surface area contributed by atoms with Gasteiger partial charge < -0.3 is 77.3 Å². The Bertz CT molecular complexity index is 3310. The molecule has 0 spiro atoms. The summed E-state index contributed by atoms with van der Waals surface area (Å²) in [4.78, 5) is 84.3. The second kappa shape index (κ2) is 29.0. The highest BCUT2D eigenvalue weighted by Crippen LogP contribution is 2.35. The van der Waals surface area contributed by atoms with Crippen molar-refractivity contribution in [1.29, 1.82) is 0 Å². The molecular weight excluding hydrogens is 1130 g/mol. The summed E-state index contributed by atoms with van der Waals surface area (Å²) in [6.45, 7) is 19.5. The zero-order valence-corrected chi connectivity index (χ0v) is 51.9. The van der Waals surface area contributed by atoms with Crippen molar-refractivity contribution in [3.05, 3.63) is 129 Å². The number of rotatable bonds is 18. The zero-order valence-electron chi connectivity index (χ0n) is 51.9. The number of benzene rings is 4. The van der Waals surface area contributed by atoms with Gasteiger partial charge in [0.15, 0.2) is 36.2 Å². The normalized spacial score (nSPS) is 15.5. The number of ether oxygens (including phenoxy) is 8. The van der Waals surface area contributed by atoms with Crippen LogP contribution in [0.1, 0.15) is 78.4 Å². The smallest absolute Gasteiger partial charge is 0.410 e. The number of nitrogens with zero attached hydrogens (tertiary/aromatic N) is 6. The van der Waals surface area contributed by atoms with Gasteiger partial charge in [0.05, 0.1) is 11.0 Å². The lowest BCUT2D eigenvalue weighted by Gasteiger charge is -2.39. The van der Waals surface area contributed by atoms with Crippen molar-refractivity contribution in [3.63, 3.8) is 0 Å². The van der Waals surface area contributed by atoms with Gasteiger partial charge in [0.2, 0.25) is 0 Å². The Labute approximate surface area is 513 Å². The molecule has 0 bridgehead atoms. The van der Waals surface area contributed by atoms with Crippen molar-refractivity contribution in [2.75, 3.05) is 93.0 Å². The van der Waals surface area contributed by atoms with Gasteiger partial charge in [0.1, 0.15) is 49.1 Å². The summed E-state index contributed by atoms with van der Waals surface area (Å²) < 4.78 is 49.4. The molecule has 0 atom stereocenters. The zero-order chi connectivity index (χ0) is 62.5. The average molecular weight is 1210 g/mol. The molecule has 6 aromatic rings. The predicted octanol–water partition coefficient (Wildman–Crippen LogP) is 7.60. The molecule has 88 heavy (non-hydrogen) atoms. The van der Waals surface area contributed by atoms with E-state index in [0.29, 0.717) is 88.7 Å². The van der Waals surface area contributed by atoms with Crippen LogP contribution in [0.15, 0.2) is 107 Å². The number of hydrogen-bond acceptors (Lipinski definition) is 16. The predicted molar refractivity (Wildman–Crippen MR) is 333 cm³/mol. The van der Waals surface area contributed by atoms with Crippen LogP contribution in [0, 0.1) is 0 Å². The van der Waals surface area contributed by atoms with Gasteiger partial charge in [-0.25, -0.2) is 9.59 Å². The van der Waals surface area contributed by atoms with Crippen LogP contribution in [-0.4, -0.2) is 169 Å². The first-order valence-corrected chi connectivity index (χ1v) is 30.4. The molecule has 472 valence electrons. The molecule has 2 fully saturated rings. The molecule has 0 unspecified atom stereocenters. The Morgan fingerprint density at radius 3 is 1.24 bits per heavy atom. The number of amides is 4. The monoisotopic (exact) mass is 1210 g/mol. The summed E-state index contributed by atoms with van der Waals surface area (Å²) in [5.41, 5.74) is 2.03. The number of fused-ring (bicyclic) bond motifs is 4. The summed E-state index contributed by atoms with van der Waals surface area (Å²) in [5, 5.41) is 6.65. The molecule has 2 saturated heterocycles. The van der Waals surface area contributed by atoms with Crippen molar-refractivity contribution < 1.29 is 57.1 Å². The van der Waals surface area contributed by atoms with E-state index in [9.17, 15) is 28.8 Å². The molecule has 4 amide bonds. The second-order valence-electron chi connectivity index (χ2n) is 24.3. The van der Waals surface area contributed by atoms with Gasteiger partial charge >= 0.3 is 12.2 Å². The van der Waals surface area contributed by atoms with Crippen LogP contribution < -0.4 is 50.2 Å². The highest BCUT2D eigenvalue weighted by atomic mass is 16.6. The van der Waals surface area contributed by atoms with Crippen LogP contribution in [-0.2, 0) is 45.2 Å². The van der Waals surface area contributed by atoms with E-state index < -0.39 is 11.2 Å². The largest absolute Gasteiger partial charge is 0.486 e. The average Bonchev–Trinajstić information content (AvgIpc) is 1.79. The lowest BCUT2D eigenvalue weighted by Crippen LogP contribution is -2.49. The molecule has 0 radical (unpaired) electrons.